The molecule has 1 aromatic carbocycles. The van der Waals surface area contributed by atoms with E-state index in [1.165, 1.54) is 6.07 Å². The van der Waals surface area contributed by atoms with Crippen molar-refractivity contribution in [3.63, 3.8) is 0 Å². The van der Waals surface area contributed by atoms with Crippen molar-refractivity contribution >= 4 is 17.3 Å². The minimum Gasteiger partial charge on any atom is -0.419 e. The average Bonchev–Trinajstić information content (AvgIpc) is 2.27. The maximum absolute atomic E-state index is 11.0. The predicted octanol–water partition coefficient (Wildman–Crippen LogP) is 1.35. The fourth-order valence-electron chi connectivity index (χ4n) is 1.60. The summed E-state index contributed by atoms with van der Waals surface area (Å²) in [7, 11) is 0. The summed E-state index contributed by atoms with van der Waals surface area (Å²) in [6, 6.07) is 1.98. The number of non-ortho nitro benzene ring substituents is 1. The van der Waals surface area contributed by atoms with Gasteiger partial charge in [-0.15, -0.1) is 0 Å². The summed E-state index contributed by atoms with van der Waals surface area (Å²) in [4.78, 5) is 30.9. The topological polar surface area (TPSA) is 113 Å². The Morgan fingerprint density at radius 2 is 1.82 bits per heavy atom. The van der Waals surface area contributed by atoms with Gasteiger partial charge in [0.2, 0.25) is 5.75 Å². The number of carbonyl (C=O) groups excluding carboxylic acids is 1. The quantitative estimate of drug-likeness (QED) is 0.332. The van der Waals surface area contributed by atoms with Crippen LogP contribution in [0.25, 0.3) is 0 Å². The highest BCUT2D eigenvalue weighted by molar-refractivity contribution is 5.78. The van der Waals surface area contributed by atoms with Crippen LogP contribution in [0.3, 0.4) is 0 Å². The van der Waals surface area contributed by atoms with E-state index < -0.39 is 21.5 Å². The van der Waals surface area contributed by atoms with Crippen LogP contribution < -0.4 is 4.74 Å². The van der Waals surface area contributed by atoms with Crippen molar-refractivity contribution in [2.75, 3.05) is 0 Å². The maximum atomic E-state index is 11.0. The van der Waals surface area contributed by atoms with Crippen LogP contribution in [0.2, 0.25) is 0 Å². The molecule has 8 nitrogen and oxygen atoms in total. The number of hydrogen-bond acceptors (Lipinski definition) is 6. The van der Waals surface area contributed by atoms with Crippen LogP contribution in [0.1, 0.15) is 12.0 Å². The van der Waals surface area contributed by atoms with Gasteiger partial charge in [0.25, 0.3) is 5.69 Å². The van der Waals surface area contributed by atoms with E-state index in [4.69, 9.17) is 4.74 Å². The normalized spacial score (nSPS) is 13.8. The smallest absolute Gasteiger partial charge is 0.318 e. The molecule has 1 aromatic rings. The number of fused-ring (bicyclic) bond motifs is 1. The number of esters is 1. The molecule has 0 unspecified atom stereocenters. The molecule has 2 rings (SSSR count). The molecule has 0 N–H and O–H groups in total. The summed E-state index contributed by atoms with van der Waals surface area (Å²) in [5.74, 6) is -0.758. The van der Waals surface area contributed by atoms with Gasteiger partial charge in [-0.1, -0.05) is 0 Å². The minimum atomic E-state index is -0.801. The van der Waals surface area contributed by atoms with Crippen LogP contribution in [-0.2, 0) is 11.2 Å². The van der Waals surface area contributed by atoms with E-state index in [-0.39, 0.29) is 24.3 Å². The first-order valence-electron chi connectivity index (χ1n) is 4.65. The van der Waals surface area contributed by atoms with E-state index in [9.17, 15) is 25.0 Å². The number of benzene rings is 1. The summed E-state index contributed by atoms with van der Waals surface area (Å²) in [6.07, 6.45) is 0.266. The Kier molecular flexibility index (Phi) is 2.47. The molecule has 0 atom stereocenters. The van der Waals surface area contributed by atoms with Gasteiger partial charge >= 0.3 is 11.7 Å². The number of nitro benzene ring substituents is 2. The zero-order chi connectivity index (χ0) is 12.6. The van der Waals surface area contributed by atoms with Crippen molar-refractivity contribution in [1.29, 1.82) is 0 Å². The molecule has 0 amide bonds. The molecule has 0 spiro atoms. The number of nitrogens with zero attached hydrogens (tertiary/aromatic N) is 2. The summed E-state index contributed by atoms with van der Waals surface area (Å²) >= 11 is 0. The lowest BCUT2D eigenvalue weighted by molar-refractivity contribution is -0.394. The maximum Gasteiger partial charge on any atom is 0.318 e. The molecule has 0 saturated heterocycles. The third-order valence-electron chi connectivity index (χ3n) is 2.35. The molecule has 1 heterocycles. The first-order valence-corrected chi connectivity index (χ1v) is 4.65. The summed E-state index contributed by atoms with van der Waals surface area (Å²) in [6.45, 7) is 0. The third-order valence-corrected chi connectivity index (χ3v) is 2.35. The molecule has 88 valence electrons. The molecular formula is C9H6N2O6. The minimum absolute atomic E-state index is 0.0608. The zero-order valence-electron chi connectivity index (χ0n) is 8.41. The second-order valence-electron chi connectivity index (χ2n) is 3.44. The van der Waals surface area contributed by atoms with Crippen LogP contribution in [-0.4, -0.2) is 15.8 Å². The summed E-state index contributed by atoms with van der Waals surface area (Å²) in [5.41, 5.74) is -0.624. The molecule has 8 heteroatoms. The molecule has 1 aliphatic rings. The van der Waals surface area contributed by atoms with Crippen LogP contribution in [0.5, 0.6) is 5.75 Å². The van der Waals surface area contributed by atoms with Crippen molar-refractivity contribution in [1.82, 2.24) is 0 Å². The first-order chi connectivity index (χ1) is 7.99. The van der Waals surface area contributed by atoms with Gasteiger partial charge in [-0.3, -0.25) is 25.0 Å². The molecule has 0 saturated carbocycles. The van der Waals surface area contributed by atoms with E-state index in [1.807, 2.05) is 0 Å². The van der Waals surface area contributed by atoms with Gasteiger partial charge in [-0.05, 0) is 6.42 Å². The molecular weight excluding hydrogens is 232 g/mol. The van der Waals surface area contributed by atoms with Crippen molar-refractivity contribution in [3.05, 3.63) is 37.9 Å². The summed E-state index contributed by atoms with van der Waals surface area (Å²) < 4.78 is 4.76. The van der Waals surface area contributed by atoms with Crippen molar-refractivity contribution in [3.8, 4) is 5.75 Å². The number of ether oxygens (including phenoxy) is 1. The fourth-order valence-corrected chi connectivity index (χ4v) is 1.60. The Bertz CT molecular complexity index is 539. The lowest BCUT2D eigenvalue weighted by atomic mass is 10.0. The Labute approximate surface area is 94.1 Å². The average molecular weight is 238 g/mol. The van der Waals surface area contributed by atoms with Crippen molar-refractivity contribution < 1.29 is 19.4 Å². The second kappa shape index (κ2) is 3.81. The molecule has 0 aromatic heterocycles. The van der Waals surface area contributed by atoms with Crippen LogP contribution >= 0.6 is 0 Å². The van der Waals surface area contributed by atoms with E-state index in [1.54, 1.807) is 0 Å². The van der Waals surface area contributed by atoms with Gasteiger partial charge < -0.3 is 4.74 Å². The molecule has 0 bridgehead atoms. The van der Waals surface area contributed by atoms with Gasteiger partial charge in [0.1, 0.15) is 0 Å². The van der Waals surface area contributed by atoms with Crippen molar-refractivity contribution in [2.45, 2.75) is 12.8 Å². The van der Waals surface area contributed by atoms with Gasteiger partial charge in [-0.25, -0.2) is 0 Å². The number of hydrogen-bond donors (Lipinski definition) is 0. The fraction of sp³-hybridized carbons (Fsp3) is 0.222. The number of aryl methyl sites for hydroxylation is 1. The van der Waals surface area contributed by atoms with E-state index in [0.29, 0.717) is 5.56 Å². The lowest BCUT2D eigenvalue weighted by Gasteiger charge is -2.14. The Balaban J connectivity index is 2.63. The van der Waals surface area contributed by atoms with E-state index in [2.05, 4.69) is 0 Å². The molecule has 1 aliphatic heterocycles. The van der Waals surface area contributed by atoms with Gasteiger partial charge in [-0.2, -0.15) is 0 Å². The monoisotopic (exact) mass is 238 g/mol. The predicted molar refractivity (Wildman–Crippen MR) is 53.7 cm³/mol. The highest BCUT2D eigenvalue weighted by Crippen LogP contribution is 2.38. The van der Waals surface area contributed by atoms with E-state index >= 15 is 0 Å². The highest BCUT2D eigenvalue weighted by atomic mass is 16.6. The van der Waals surface area contributed by atoms with Gasteiger partial charge in [0.05, 0.1) is 22.3 Å². The van der Waals surface area contributed by atoms with Crippen LogP contribution in [0.15, 0.2) is 12.1 Å². The van der Waals surface area contributed by atoms with Gasteiger partial charge in [0.15, 0.2) is 0 Å². The van der Waals surface area contributed by atoms with Crippen LogP contribution in [0, 0.1) is 20.2 Å². The van der Waals surface area contributed by atoms with E-state index in [0.717, 1.165) is 6.07 Å². The first kappa shape index (κ1) is 11.0. The lowest BCUT2D eigenvalue weighted by Crippen LogP contribution is -2.17. The molecule has 17 heavy (non-hydrogen) atoms. The number of carbonyl (C=O) groups is 1. The second-order valence-corrected chi connectivity index (χ2v) is 3.44. The van der Waals surface area contributed by atoms with Crippen LogP contribution in [0.4, 0.5) is 11.4 Å². The van der Waals surface area contributed by atoms with Crippen molar-refractivity contribution in [2.24, 2.45) is 0 Å². The summed E-state index contributed by atoms with van der Waals surface area (Å²) in [5, 5.41) is 21.3. The SMILES string of the molecule is O=C1CCc2cc([N+](=O)[O-])cc([N+](=O)[O-])c2O1. The largest absolute Gasteiger partial charge is 0.419 e. The Morgan fingerprint density at radius 1 is 1.12 bits per heavy atom. The Morgan fingerprint density at radius 3 is 2.41 bits per heavy atom. The third kappa shape index (κ3) is 1.92. The number of nitro groups is 2. The molecule has 0 fully saturated rings. The molecule has 0 radical (unpaired) electrons. The number of rotatable bonds is 2. The highest BCUT2D eigenvalue weighted by Gasteiger charge is 2.30. The standard InChI is InChI=1S/C9H6N2O6/c12-8-2-1-5-3-6(10(13)14)4-7(11(15)16)9(5)17-8/h3-4H,1-2H2. The Hall–Kier alpha value is -2.51. The van der Waals surface area contributed by atoms with Gasteiger partial charge in [0, 0.05) is 11.6 Å². The molecule has 0 aliphatic carbocycles. The zero-order valence-corrected chi connectivity index (χ0v) is 8.41.